The van der Waals surface area contributed by atoms with Crippen molar-refractivity contribution in [1.29, 1.82) is 0 Å². The Hall–Kier alpha value is -2.40. The van der Waals surface area contributed by atoms with Gasteiger partial charge in [0.15, 0.2) is 0 Å². The smallest absolute Gasteiger partial charge is 0.336 e. The number of aromatic nitrogens is 1. The second kappa shape index (κ2) is 4.61. The number of anilines is 1. The highest BCUT2D eigenvalue weighted by Gasteiger charge is 2.13. The summed E-state index contributed by atoms with van der Waals surface area (Å²) in [6, 6.07) is 10.6. The average Bonchev–Trinajstić information content (AvgIpc) is 2.77. The maximum atomic E-state index is 11.3. The molecule has 5 heteroatoms. The lowest BCUT2D eigenvalue weighted by atomic mass is 9.99. The van der Waals surface area contributed by atoms with Crippen LogP contribution in [0.5, 0.6) is 0 Å². The molecule has 0 radical (unpaired) electrons. The van der Waals surface area contributed by atoms with E-state index in [-0.39, 0.29) is 5.56 Å². The molecule has 3 rings (SSSR count). The Morgan fingerprint density at radius 1 is 1.25 bits per heavy atom. The molecule has 0 amide bonds. The molecule has 0 aliphatic carbocycles. The first-order chi connectivity index (χ1) is 9.54. The van der Waals surface area contributed by atoms with Gasteiger partial charge in [0.25, 0.3) is 0 Å². The highest BCUT2D eigenvalue weighted by atomic mass is 32.1. The summed E-state index contributed by atoms with van der Waals surface area (Å²) in [6.07, 6.45) is 0. The Morgan fingerprint density at radius 3 is 2.80 bits per heavy atom. The third kappa shape index (κ3) is 2.12. The van der Waals surface area contributed by atoms with E-state index >= 15 is 0 Å². The third-order valence-corrected chi connectivity index (χ3v) is 4.03. The summed E-state index contributed by atoms with van der Waals surface area (Å²) >= 11 is 1.62. The number of aromatic carboxylic acids is 1. The summed E-state index contributed by atoms with van der Waals surface area (Å²) in [5, 5.41) is 10.3. The van der Waals surface area contributed by atoms with Crippen molar-refractivity contribution in [3.8, 4) is 11.1 Å². The molecule has 20 heavy (non-hydrogen) atoms. The molecule has 100 valence electrons. The lowest BCUT2D eigenvalue weighted by molar-refractivity contribution is 0.0698. The molecule has 2 aromatic carbocycles. The molecule has 1 heterocycles. The number of nitrogen functional groups attached to an aromatic ring is 1. The van der Waals surface area contributed by atoms with Gasteiger partial charge in [-0.3, -0.25) is 0 Å². The van der Waals surface area contributed by atoms with E-state index in [1.54, 1.807) is 23.5 Å². The minimum absolute atomic E-state index is 0.241. The van der Waals surface area contributed by atoms with Crippen LogP contribution in [0.4, 0.5) is 5.69 Å². The summed E-state index contributed by atoms with van der Waals surface area (Å²) in [5.41, 5.74) is 8.86. The number of nitrogens with two attached hydrogens (primary N) is 1. The molecule has 0 spiro atoms. The number of hydrogen-bond donors (Lipinski definition) is 2. The summed E-state index contributed by atoms with van der Waals surface area (Å²) in [4.78, 5) is 15.8. The molecule has 0 unspecified atom stereocenters. The number of thiazole rings is 1. The van der Waals surface area contributed by atoms with Crippen molar-refractivity contribution < 1.29 is 9.90 Å². The molecule has 1 aromatic heterocycles. The van der Waals surface area contributed by atoms with E-state index in [1.165, 1.54) is 6.07 Å². The van der Waals surface area contributed by atoms with Crippen LogP contribution < -0.4 is 5.73 Å². The van der Waals surface area contributed by atoms with Crippen LogP contribution in [-0.2, 0) is 0 Å². The monoisotopic (exact) mass is 284 g/mol. The number of benzene rings is 2. The fraction of sp³-hybridized carbons (Fsp3) is 0.0667. The van der Waals surface area contributed by atoms with E-state index in [0.29, 0.717) is 11.3 Å². The minimum atomic E-state index is -0.963. The van der Waals surface area contributed by atoms with E-state index in [9.17, 15) is 9.90 Å². The van der Waals surface area contributed by atoms with Crippen molar-refractivity contribution in [2.24, 2.45) is 0 Å². The van der Waals surface area contributed by atoms with Crippen LogP contribution in [0.1, 0.15) is 15.4 Å². The van der Waals surface area contributed by atoms with Crippen LogP contribution in [0.25, 0.3) is 21.3 Å². The number of carboxylic acids is 1. The van der Waals surface area contributed by atoms with Crippen molar-refractivity contribution in [1.82, 2.24) is 4.98 Å². The molecule has 0 saturated heterocycles. The normalized spacial score (nSPS) is 10.8. The van der Waals surface area contributed by atoms with E-state index in [4.69, 9.17) is 5.73 Å². The van der Waals surface area contributed by atoms with Gasteiger partial charge in [0.05, 0.1) is 20.8 Å². The highest BCUT2D eigenvalue weighted by Crippen LogP contribution is 2.30. The number of hydrogen-bond acceptors (Lipinski definition) is 4. The summed E-state index contributed by atoms with van der Waals surface area (Å²) in [5.74, 6) is -0.963. The summed E-state index contributed by atoms with van der Waals surface area (Å²) in [6.45, 7) is 1.95. The van der Waals surface area contributed by atoms with Gasteiger partial charge in [0.2, 0.25) is 0 Å². The molecule has 3 N–H and O–H groups in total. The first kappa shape index (κ1) is 12.6. The van der Waals surface area contributed by atoms with E-state index in [1.807, 2.05) is 25.1 Å². The van der Waals surface area contributed by atoms with Crippen molar-refractivity contribution in [2.45, 2.75) is 6.92 Å². The Labute approximate surface area is 119 Å². The van der Waals surface area contributed by atoms with Gasteiger partial charge in [0.1, 0.15) is 0 Å². The molecule has 0 bridgehead atoms. The molecule has 0 aliphatic rings. The van der Waals surface area contributed by atoms with Gasteiger partial charge in [-0.05, 0) is 48.4 Å². The lowest BCUT2D eigenvalue weighted by Gasteiger charge is -2.07. The lowest BCUT2D eigenvalue weighted by Crippen LogP contribution is -2.00. The molecule has 0 aliphatic heterocycles. The number of fused-ring (bicyclic) bond motifs is 1. The number of aryl methyl sites for hydroxylation is 1. The van der Waals surface area contributed by atoms with Crippen LogP contribution in [0.15, 0.2) is 36.4 Å². The summed E-state index contributed by atoms with van der Waals surface area (Å²) < 4.78 is 1.09. The van der Waals surface area contributed by atoms with Crippen molar-refractivity contribution in [3.05, 3.63) is 47.0 Å². The van der Waals surface area contributed by atoms with Crippen molar-refractivity contribution >= 4 is 33.2 Å². The average molecular weight is 284 g/mol. The zero-order valence-corrected chi connectivity index (χ0v) is 11.6. The first-order valence-electron chi connectivity index (χ1n) is 6.05. The van der Waals surface area contributed by atoms with Gasteiger partial charge < -0.3 is 10.8 Å². The van der Waals surface area contributed by atoms with E-state index < -0.39 is 5.97 Å². The Morgan fingerprint density at radius 2 is 2.05 bits per heavy atom. The topological polar surface area (TPSA) is 76.2 Å². The van der Waals surface area contributed by atoms with Crippen molar-refractivity contribution in [2.75, 3.05) is 5.73 Å². The minimum Gasteiger partial charge on any atom is -0.478 e. The van der Waals surface area contributed by atoms with Gasteiger partial charge in [-0.25, -0.2) is 9.78 Å². The molecule has 4 nitrogen and oxygen atoms in total. The maximum Gasteiger partial charge on any atom is 0.336 e. The van der Waals surface area contributed by atoms with E-state index in [0.717, 1.165) is 20.8 Å². The summed E-state index contributed by atoms with van der Waals surface area (Å²) in [7, 11) is 0. The quantitative estimate of drug-likeness (QED) is 0.705. The predicted molar refractivity (Wildman–Crippen MR) is 81.2 cm³/mol. The largest absolute Gasteiger partial charge is 0.478 e. The molecule has 0 saturated carbocycles. The second-order valence-corrected chi connectivity index (χ2v) is 5.76. The fourth-order valence-corrected chi connectivity index (χ4v) is 3.00. The van der Waals surface area contributed by atoms with E-state index in [2.05, 4.69) is 4.98 Å². The number of rotatable bonds is 2. The third-order valence-electron chi connectivity index (χ3n) is 3.08. The van der Waals surface area contributed by atoms with Crippen LogP contribution in [0.2, 0.25) is 0 Å². The fourth-order valence-electron chi connectivity index (χ4n) is 2.20. The predicted octanol–water partition coefficient (Wildman–Crippen LogP) is 3.55. The van der Waals surface area contributed by atoms with Gasteiger partial charge in [0, 0.05) is 5.69 Å². The van der Waals surface area contributed by atoms with Gasteiger partial charge >= 0.3 is 5.97 Å². The van der Waals surface area contributed by atoms with Gasteiger partial charge in [-0.2, -0.15) is 0 Å². The van der Waals surface area contributed by atoms with Crippen LogP contribution in [-0.4, -0.2) is 16.1 Å². The van der Waals surface area contributed by atoms with Crippen LogP contribution >= 0.6 is 11.3 Å². The SMILES string of the molecule is Cc1nc2cc(-c3cc(N)ccc3C(=O)O)ccc2s1. The molecule has 0 fully saturated rings. The molecular formula is C15H12N2O2S. The maximum absolute atomic E-state index is 11.3. The zero-order valence-electron chi connectivity index (χ0n) is 10.8. The molecule has 0 atom stereocenters. The first-order valence-corrected chi connectivity index (χ1v) is 6.86. The Kier molecular flexibility index (Phi) is 2.91. The molecular weight excluding hydrogens is 272 g/mol. The number of carboxylic acid groups (broad SMARTS) is 1. The van der Waals surface area contributed by atoms with Crippen LogP contribution in [0, 0.1) is 6.92 Å². The van der Waals surface area contributed by atoms with Gasteiger partial charge in [-0.15, -0.1) is 11.3 Å². The highest BCUT2D eigenvalue weighted by molar-refractivity contribution is 7.18. The second-order valence-electron chi connectivity index (χ2n) is 4.53. The number of carbonyl (C=O) groups is 1. The Balaban J connectivity index is 2.23. The van der Waals surface area contributed by atoms with Crippen molar-refractivity contribution in [3.63, 3.8) is 0 Å². The standard InChI is InChI=1S/C15H12N2O2S/c1-8-17-13-6-9(2-5-14(13)20-8)12-7-10(16)3-4-11(12)15(18)19/h2-7H,16H2,1H3,(H,18,19). The van der Waals surface area contributed by atoms with Crippen LogP contribution in [0.3, 0.4) is 0 Å². The number of nitrogens with zero attached hydrogens (tertiary/aromatic N) is 1. The zero-order chi connectivity index (χ0) is 14.3. The molecule has 3 aromatic rings. The Bertz CT molecular complexity index is 824. The van der Waals surface area contributed by atoms with Gasteiger partial charge in [-0.1, -0.05) is 6.07 Å².